The van der Waals surface area contributed by atoms with Gasteiger partial charge in [0.15, 0.2) is 0 Å². The van der Waals surface area contributed by atoms with Gasteiger partial charge in [0.05, 0.1) is 5.92 Å². The van der Waals surface area contributed by atoms with E-state index in [1.165, 1.54) is 0 Å². The Bertz CT molecular complexity index is 243. The predicted molar refractivity (Wildman–Crippen MR) is 65.0 cm³/mol. The first-order valence-electron chi connectivity index (χ1n) is 6.14. The molecule has 0 aliphatic heterocycles. The maximum Gasteiger partial charge on any atom is 0.307 e. The topological polar surface area (TPSA) is 77.8 Å². The number of nitrogens with zero attached hydrogens (tertiary/aromatic N) is 1. The second-order valence-corrected chi connectivity index (χ2v) is 4.34. The van der Waals surface area contributed by atoms with Crippen molar-refractivity contribution in [1.82, 2.24) is 4.90 Å². The molecule has 1 atom stereocenters. The van der Waals surface area contributed by atoms with Gasteiger partial charge in [0, 0.05) is 13.0 Å². The lowest BCUT2D eigenvalue weighted by molar-refractivity contribution is -0.142. The van der Waals surface area contributed by atoms with Gasteiger partial charge in [-0.05, 0) is 25.9 Å². The molecule has 0 fully saturated rings. The van der Waals surface area contributed by atoms with E-state index in [9.17, 15) is 9.59 Å². The van der Waals surface area contributed by atoms with Gasteiger partial charge in [0.1, 0.15) is 0 Å². The first-order valence-corrected chi connectivity index (χ1v) is 6.14. The van der Waals surface area contributed by atoms with Crippen molar-refractivity contribution in [3.05, 3.63) is 0 Å². The number of aliphatic carboxylic acids is 2. The third-order valence-corrected chi connectivity index (χ3v) is 2.77. The zero-order valence-corrected chi connectivity index (χ0v) is 10.7. The van der Waals surface area contributed by atoms with Gasteiger partial charge in [-0.2, -0.15) is 0 Å². The molecule has 0 aromatic carbocycles. The minimum absolute atomic E-state index is 0.220. The molecule has 100 valence electrons. The van der Waals surface area contributed by atoms with E-state index in [4.69, 9.17) is 10.2 Å². The van der Waals surface area contributed by atoms with Gasteiger partial charge in [-0.1, -0.05) is 20.3 Å². The summed E-state index contributed by atoms with van der Waals surface area (Å²) in [7, 11) is 0. The average molecular weight is 245 g/mol. The van der Waals surface area contributed by atoms with Crippen LogP contribution in [-0.2, 0) is 9.59 Å². The fraction of sp³-hybridized carbons (Fsp3) is 0.833. The fourth-order valence-corrected chi connectivity index (χ4v) is 1.63. The lowest BCUT2D eigenvalue weighted by atomic mass is 10.1. The van der Waals surface area contributed by atoms with Crippen molar-refractivity contribution in [3.63, 3.8) is 0 Å². The van der Waals surface area contributed by atoms with E-state index in [1.807, 2.05) is 6.92 Å². The number of carboxylic acid groups (broad SMARTS) is 2. The van der Waals surface area contributed by atoms with Crippen LogP contribution < -0.4 is 0 Å². The third kappa shape index (κ3) is 8.68. The minimum Gasteiger partial charge on any atom is -0.481 e. The third-order valence-electron chi connectivity index (χ3n) is 2.77. The first kappa shape index (κ1) is 15.9. The van der Waals surface area contributed by atoms with Crippen LogP contribution in [0.4, 0.5) is 0 Å². The van der Waals surface area contributed by atoms with Gasteiger partial charge in [-0.25, -0.2) is 0 Å². The number of carboxylic acids is 2. The summed E-state index contributed by atoms with van der Waals surface area (Å²) in [4.78, 5) is 23.1. The molecule has 0 aliphatic rings. The molecule has 5 heteroatoms. The number of unbranched alkanes of at least 4 members (excludes halogenated alkanes) is 2. The Kier molecular flexibility index (Phi) is 8.40. The number of hydrogen-bond acceptors (Lipinski definition) is 3. The molecule has 0 aromatic heterocycles. The summed E-state index contributed by atoms with van der Waals surface area (Å²) >= 11 is 0. The normalized spacial score (nSPS) is 12.6. The number of hydrogen-bond donors (Lipinski definition) is 2. The van der Waals surface area contributed by atoms with E-state index in [0.29, 0.717) is 13.0 Å². The summed E-state index contributed by atoms with van der Waals surface area (Å²) in [6.07, 6.45) is 2.72. The Morgan fingerprint density at radius 2 is 1.82 bits per heavy atom. The Hall–Kier alpha value is -1.10. The highest BCUT2D eigenvalue weighted by molar-refractivity contribution is 5.69. The molecule has 0 rings (SSSR count). The van der Waals surface area contributed by atoms with Gasteiger partial charge in [0.25, 0.3) is 0 Å². The second kappa shape index (κ2) is 8.98. The summed E-state index contributed by atoms with van der Waals surface area (Å²) in [6, 6.07) is 0. The van der Waals surface area contributed by atoms with Crippen molar-refractivity contribution in [2.75, 3.05) is 19.6 Å². The van der Waals surface area contributed by atoms with Gasteiger partial charge < -0.3 is 15.1 Å². The van der Waals surface area contributed by atoms with Crippen molar-refractivity contribution in [2.45, 2.75) is 39.5 Å². The lowest BCUT2D eigenvalue weighted by Crippen LogP contribution is -2.32. The molecule has 0 aliphatic carbocycles. The van der Waals surface area contributed by atoms with Crippen molar-refractivity contribution >= 4 is 11.9 Å². The summed E-state index contributed by atoms with van der Waals surface area (Å²) in [5.74, 6) is -1.87. The van der Waals surface area contributed by atoms with Crippen LogP contribution in [0.2, 0.25) is 0 Å². The lowest BCUT2D eigenvalue weighted by Gasteiger charge is -2.22. The van der Waals surface area contributed by atoms with E-state index in [0.717, 1.165) is 25.9 Å². The largest absolute Gasteiger partial charge is 0.481 e. The highest BCUT2D eigenvalue weighted by Crippen LogP contribution is 2.05. The van der Waals surface area contributed by atoms with E-state index in [-0.39, 0.29) is 12.3 Å². The maximum absolute atomic E-state index is 10.7. The van der Waals surface area contributed by atoms with Crippen LogP contribution in [0, 0.1) is 5.92 Å². The fourth-order valence-electron chi connectivity index (χ4n) is 1.63. The van der Waals surface area contributed by atoms with Gasteiger partial charge in [-0.15, -0.1) is 0 Å². The molecule has 0 amide bonds. The Morgan fingerprint density at radius 3 is 2.29 bits per heavy atom. The summed E-state index contributed by atoms with van der Waals surface area (Å²) < 4.78 is 0. The molecule has 1 unspecified atom stereocenters. The van der Waals surface area contributed by atoms with Crippen LogP contribution in [0.15, 0.2) is 0 Å². The van der Waals surface area contributed by atoms with Crippen LogP contribution in [-0.4, -0.2) is 46.7 Å². The first-order chi connectivity index (χ1) is 7.97. The molecule has 0 radical (unpaired) electrons. The van der Waals surface area contributed by atoms with Crippen LogP contribution >= 0.6 is 0 Å². The smallest absolute Gasteiger partial charge is 0.307 e. The van der Waals surface area contributed by atoms with Crippen molar-refractivity contribution < 1.29 is 19.8 Å². The molecule has 0 saturated heterocycles. The summed E-state index contributed by atoms with van der Waals surface area (Å²) in [5.41, 5.74) is 0. The van der Waals surface area contributed by atoms with Crippen LogP contribution in [0.1, 0.15) is 39.5 Å². The molecule has 17 heavy (non-hydrogen) atoms. The molecule has 0 spiro atoms. The van der Waals surface area contributed by atoms with E-state index >= 15 is 0 Å². The van der Waals surface area contributed by atoms with E-state index in [2.05, 4.69) is 4.90 Å². The van der Waals surface area contributed by atoms with Gasteiger partial charge in [0.2, 0.25) is 0 Å². The second-order valence-electron chi connectivity index (χ2n) is 4.34. The highest BCUT2D eigenvalue weighted by atomic mass is 16.4. The zero-order valence-electron chi connectivity index (χ0n) is 10.7. The van der Waals surface area contributed by atoms with E-state index in [1.54, 1.807) is 6.92 Å². The number of rotatable bonds is 10. The molecular formula is C12H23NO4. The molecule has 0 aromatic rings. The van der Waals surface area contributed by atoms with Crippen molar-refractivity contribution in [1.29, 1.82) is 0 Å². The SMILES string of the molecule is CCN(CCCCCC(=O)O)CC(C)C(=O)O. The highest BCUT2D eigenvalue weighted by Gasteiger charge is 2.14. The van der Waals surface area contributed by atoms with Crippen LogP contribution in [0.5, 0.6) is 0 Å². The quantitative estimate of drug-likeness (QED) is 0.572. The van der Waals surface area contributed by atoms with Gasteiger partial charge >= 0.3 is 11.9 Å². The monoisotopic (exact) mass is 245 g/mol. The average Bonchev–Trinajstić information content (AvgIpc) is 2.26. The molecule has 5 nitrogen and oxygen atoms in total. The number of carbonyl (C=O) groups is 2. The molecule has 0 heterocycles. The summed E-state index contributed by atoms with van der Waals surface area (Å²) in [5, 5.41) is 17.3. The molecule has 2 N–H and O–H groups in total. The van der Waals surface area contributed by atoms with Crippen LogP contribution in [0.25, 0.3) is 0 Å². The maximum atomic E-state index is 10.7. The zero-order chi connectivity index (χ0) is 13.3. The Balaban J connectivity index is 3.68. The standard InChI is InChI=1S/C12H23NO4/c1-3-13(9-10(2)12(16)17)8-6-4-5-7-11(14)15/h10H,3-9H2,1-2H3,(H,14,15)(H,16,17). The van der Waals surface area contributed by atoms with Crippen molar-refractivity contribution in [2.24, 2.45) is 5.92 Å². The molecule has 0 saturated carbocycles. The van der Waals surface area contributed by atoms with E-state index < -0.39 is 11.9 Å². The Labute approximate surface area is 102 Å². The Morgan fingerprint density at radius 1 is 1.18 bits per heavy atom. The van der Waals surface area contributed by atoms with Gasteiger partial charge in [-0.3, -0.25) is 9.59 Å². The van der Waals surface area contributed by atoms with Crippen molar-refractivity contribution in [3.8, 4) is 0 Å². The summed E-state index contributed by atoms with van der Waals surface area (Å²) in [6.45, 7) is 5.94. The van der Waals surface area contributed by atoms with Crippen LogP contribution in [0.3, 0.4) is 0 Å². The minimum atomic E-state index is -0.769. The molecular weight excluding hydrogens is 222 g/mol. The predicted octanol–water partition coefficient (Wildman–Crippen LogP) is 1.67. The molecule has 0 bridgehead atoms.